The van der Waals surface area contributed by atoms with Crippen LogP contribution in [0.4, 0.5) is 0 Å². The van der Waals surface area contributed by atoms with Gasteiger partial charge in [-0.3, -0.25) is 4.79 Å². The van der Waals surface area contributed by atoms with Gasteiger partial charge in [0.05, 0.1) is 16.9 Å². The van der Waals surface area contributed by atoms with Crippen LogP contribution in [0, 0.1) is 0 Å². The molecule has 1 unspecified atom stereocenters. The Morgan fingerprint density at radius 2 is 2.36 bits per heavy atom. The average Bonchev–Trinajstić information content (AvgIpc) is 2.65. The molecular weight excluding hydrogens is 222 g/mol. The van der Waals surface area contributed by atoms with E-state index in [0.29, 0.717) is 4.88 Å². The molecule has 4 nitrogen and oxygen atoms in total. The zero-order chi connectivity index (χ0) is 10.6. The van der Waals surface area contributed by atoms with Gasteiger partial charge in [-0.05, 0) is 11.4 Å². The van der Waals surface area contributed by atoms with Crippen LogP contribution in [0.2, 0.25) is 0 Å². The summed E-state index contributed by atoms with van der Waals surface area (Å²) in [6.45, 7) is 0. The van der Waals surface area contributed by atoms with Gasteiger partial charge in [-0.15, -0.1) is 11.3 Å². The molecule has 0 fully saturated rings. The van der Waals surface area contributed by atoms with Gasteiger partial charge in [-0.25, -0.2) is 0 Å². The molecule has 14 heavy (non-hydrogen) atoms. The maximum Gasteiger partial charge on any atom is 0.261 e. The van der Waals surface area contributed by atoms with Gasteiger partial charge in [-0.2, -0.15) is 12.6 Å². The molecule has 0 aliphatic carbocycles. The fourth-order valence-corrected chi connectivity index (χ4v) is 1.68. The van der Waals surface area contributed by atoms with Crippen LogP contribution in [-0.4, -0.2) is 23.7 Å². The molecule has 1 aromatic rings. The van der Waals surface area contributed by atoms with E-state index in [4.69, 9.17) is 0 Å². The van der Waals surface area contributed by atoms with Crippen molar-refractivity contribution in [1.82, 2.24) is 5.32 Å². The minimum Gasteiger partial charge on any atom is -0.548 e. The summed E-state index contributed by atoms with van der Waals surface area (Å²) in [4.78, 5) is 22.3. The van der Waals surface area contributed by atoms with Gasteiger partial charge in [0.2, 0.25) is 0 Å². The lowest BCUT2D eigenvalue weighted by Crippen LogP contribution is -2.48. The normalized spacial score (nSPS) is 12.1. The Bertz CT molecular complexity index is 323. The number of hydrogen-bond donors (Lipinski definition) is 2. The molecule has 1 aromatic heterocycles. The lowest BCUT2D eigenvalue weighted by molar-refractivity contribution is -0.307. The first-order valence-electron chi connectivity index (χ1n) is 3.81. The van der Waals surface area contributed by atoms with Crippen molar-refractivity contribution in [3.8, 4) is 0 Å². The van der Waals surface area contributed by atoms with Crippen LogP contribution in [0.15, 0.2) is 17.5 Å². The second-order valence-electron chi connectivity index (χ2n) is 2.50. The number of carboxylic acid groups (broad SMARTS) is 1. The molecule has 0 bridgehead atoms. The minimum absolute atomic E-state index is 0.0133. The summed E-state index contributed by atoms with van der Waals surface area (Å²) in [7, 11) is 0. The van der Waals surface area contributed by atoms with Crippen molar-refractivity contribution in [2.75, 3.05) is 5.75 Å². The average molecular weight is 230 g/mol. The highest BCUT2D eigenvalue weighted by molar-refractivity contribution is 7.80. The van der Waals surface area contributed by atoms with Gasteiger partial charge in [0, 0.05) is 5.75 Å². The van der Waals surface area contributed by atoms with Gasteiger partial charge in [0.15, 0.2) is 0 Å². The van der Waals surface area contributed by atoms with E-state index in [9.17, 15) is 14.7 Å². The molecule has 1 rings (SSSR count). The summed E-state index contributed by atoms with van der Waals surface area (Å²) < 4.78 is 0. The van der Waals surface area contributed by atoms with Crippen molar-refractivity contribution in [2.24, 2.45) is 0 Å². The number of nitrogens with one attached hydrogen (secondary N) is 1. The third-order valence-corrected chi connectivity index (χ3v) is 2.75. The molecule has 1 amide bonds. The Balaban J connectivity index is 2.60. The lowest BCUT2D eigenvalue weighted by Gasteiger charge is -2.16. The van der Waals surface area contributed by atoms with Crippen LogP contribution in [0.5, 0.6) is 0 Å². The zero-order valence-electron chi connectivity index (χ0n) is 7.10. The summed E-state index contributed by atoms with van der Waals surface area (Å²) >= 11 is 5.04. The molecule has 76 valence electrons. The van der Waals surface area contributed by atoms with Crippen molar-refractivity contribution in [2.45, 2.75) is 6.04 Å². The van der Waals surface area contributed by atoms with E-state index in [1.54, 1.807) is 17.5 Å². The molecule has 0 saturated heterocycles. The molecule has 0 radical (unpaired) electrons. The Hall–Kier alpha value is -1.01. The molecule has 0 aliphatic rings. The standard InChI is InChI=1S/C8H9NO3S2/c10-7(6-2-1-3-14-6)9-5(4-13)8(11)12/h1-3,5,13H,4H2,(H,9,10)(H,11,12)/p-1. The molecule has 6 heteroatoms. The zero-order valence-corrected chi connectivity index (χ0v) is 8.81. The summed E-state index contributed by atoms with van der Waals surface area (Å²) in [5, 5.41) is 14.5. The van der Waals surface area contributed by atoms with Crippen molar-refractivity contribution < 1.29 is 14.7 Å². The first kappa shape index (κ1) is 11.1. The smallest absolute Gasteiger partial charge is 0.261 e. The Morgan fingerprint density at radius 1 is 1.64 bits per heavy atom. The first-order chi connectivity index (χ1) is 6.65. The van der Waals surface area contributed by atoms with Crippen molar-refractivity contribution in [3.63, 3.8) is 0 Å². The number of aliphatic carboxylic acids is 1. The topological polar surface area (TPSA) is 69.2 Å². The largest absolute Gasteiger partial charge is 0.548 e. The van der Waals surface area contributed by atoms with Crippen LogP contribution in [0.25, 0.3) is 0 Å². The van der Waals surface area contributed by atoms with E-state index < -0.39 is 17.9 Å². The summed E-state index contributed by atoms with van der Waals surface area (Å²) in [5.41, 5.74) is 0. The quantitative estimate of drug-likeness (QED) is 0.687. The van der Waals surface area contributed by atoms with Crippen LogP contribution in [0.3, 0.4) is 0 Å². The van der Waals surface area contributed by atoms with Gasteiger partial charge in [0.1, 0.15) is 0 Å². The summed E-state index contributed by atoms with van der Waals surface area (Å²) in [6, 6.07) is 2.28. The number of hydrogen-bond acceptors (Lipinski definition) is 5. The second-order valence-corrected chi connectivity index (χ2v) is 3.82. The molecule has 0 spiro atoms. The van der Waals surface area contributed by atoms with Gasteiger partial charge < -0.3 is 15.2 Å². The maximum absolute atomic E-state index is 11.4. The molecule has 1 heterocycles. The third kappa shape index (κ3) is 2.74. The van der Waals surface area contributed by atoms with Crippen LogP contribution in [0.1, 0.15) is 9.67 Å². The summed E-state index contributed by atoms with van der Waals surface area (Å²) in [6.07, 6.45) is 0. The monoisotopic (exact) mass is 230 g/mol. The minimum atomic E-state index is -1.33. The molecule has 0 saturated carbocycles. The van der Waals surface area contributed by atoms with E-state index >= 15 is 0 Å². The van der Waals surface area contributed by atoms with Crippen molar-refractivity contribution >= 4 is 35.8 Å². The highest BCUT2D eigenvalue weighted by Crippen LogP contribution is 2.08. The number of carbonyl (C=O) groups excluding carboxylic acids is 2. The Labute approximate surface area is 90.4 Å². The van der Waals surface area contributed by atoms with E-state index in [-0.39, 0.29) is 5.75 Å². The van der Waals surface area contributed by atoms with E-state index in [0.717, 1.165) is 0 Å². The van der Waals surface area contributed by atoms with Gasteiger partial charge in [0.25, 0.3) is 5.91 Å². The van der Waals surface area contributed by atoms with Crippen LogP contribution < -0.4 is 10.4 Å². The predicted molar refractivity (Wildman–Crippen MR) is 54.4 cm³/mol. The second kappa shape index (κ2) is 5.02. The van der Waals surface area contributed by atoms with E-state index in [2.05, 4.69) is 17.9 Å². The van der Waals surface area contributed by atoms with Crippen LogP contribution >= 0.6 is 24.0 Å². The molecule has 0 aliphatic heterocycles. The van der Waals surface area contributed by atoms with E-state index in [1.165, 1.54) is 11.3 Å². The lowest BCUT2D eigenvalue weighted by atomic mass is 10.3. The fraction of sp³-hybridized carbons (Fsp3) is 0.250. The number of thiophene rings is 1. The van der Waals surface area contributed by atoms with Crippen molar-refractivity contribution in [1.29, 1.82) is 0 Å². The number of rotatable bonds is 4. The highest BCUT2D eigenvalue weighted by Gasteiger charge is 2.13. The van der Waals surface area contributed by atoms with Gasteiger partial charge >= 0.3 is 0 Å². The van der Waals surface area contributed by atoms with Crippen LogP contribution in [-0.2, 0) is 4.79 Å². The van der Waals surface area contributed by atoms with Crippen molar-refractivity contribution in [3.05, 3.63) is 22.4 Å². The maximum atomic E-state index is 11.4. The highest BCUT2D eigenvalue weighted by atomic mass is 32.1. The number of carbonyl (C=O) groups is 2. The number of amides is 1. The van der Waals surface area contributed by atoms with E-state index in [1.807, 2.05) is 0 Å². The number of carboxylic acids is 1. The third-order valence-electron chi connectivity index (χ3n) is 1.52. The predicted octanol–water partition coefficient (Wildman–Crippen LogP) is -0.474. The molecular formula is C8H8NO3S2-. The Morgan fingerprint density at radius 3 is 2.79 bits per heavy atom. The molecule has 1 atom stereocenters. The first-order valence-corrected chi connectivity index (χ1v) is 5.32. The Kier molecular flexibility index (Phi) is 3.97. The SMILES string of the molecule is O=C(NC(CS)C(=O)[O-])c1cccs1. The number of thiol groups is 1. The summed E-state index contributed by atoms with van der Waals surface area (Å²) in [5.74, 6) is -1.73. The molecule has 1 N–H and O–H groups in total. The molecule has 0 aromatic carbocycles. The van der Waals surface area contributed by atoms with Gasteiger partial charge in [-0.1, -0.05) is 6.07 Å². The fourth-order valence-electron chi connectivity index (χ4n) is 0.816.